The lowest BCUT2D eigenvalue weighted by Gasteiger charge is -2.21. The Balaban J connectivity index is 1.68. The summed E-state index contributed by atoms with van der Waals surface area (Å²) in [7, 11) is 0. The highest BCUT2D eigenvalue weighted by Gasteiger charge is 2.21. The van der Waals surface area contributed by atoms with Crippen LogP contribution in [0.4, 0.5) is 14.5 Å². The fourth-order valence-electron chi connectivity index (χ4n) is 3.67. The van der Waals surface area contributed by atoms with Crippen molar-refractivity contribution >= 4 is 35.5 Å². The maximum absolute atomic E-state index is 14.7. The number of carbonyl (C=O) groups excluding carboxylic acids is 2. The Morgan fingerprint density at radius 1 is 0.900 bits per heavy atom. The minimum atomic E-state index is -1.32. The van der Waals surface area contributed by atoms with E-state index < -0.39 is 66.1 Å². The first-order valence-corrected chi connectivity index (χ1v) is 11.6. The molecule has 0 bridgehead atoms. The molecule has 3 aromatic carbocycles. The summed E-state index contributed by atoms with van der Waals surface area (Å²) in [6, 6.07) is 12.8. The van der Waals surface area contributed by atoms with Gasteiger partial charge in [0.05, 0.1) is 16.8 Å². The van der Waals surface area contributed by atoms with E-state index in [0.717, 1.165) is 17.0 Å². The quantitative estimate of drug-likeness (QED) is 0.120. The Morgan fingerprint density at radius 3 is 2.12 bits per heavy atom. The van der Waals surface area contributed by atoms with Gasteiger partial charge in [0.2, 0.25) is 5.91 Å². The van der Waals surface area contributed by atoms with Crippen LogP contribution in [-0.4, -0.2) is 51.4 Å². The first-order chi connectivity index (χ1) is 18.9. The van der Waals surface area contributed by atoms with Crippen LogP contribution in [0.5, 0.6) is 5.75 Å². The molecular formula is C27H24F2N4O7. The van der Waals surface area contributed by atoms with Gasteiger partial charge in [-0.05, 0) is 48.4 Å². The first-order valence-electron chi connectivity index (χ1n) is 11.6. The number of carbonyl (C=O) groups is 4. The Morgan fingerprint density at radius 2 is 1.55 bits per heavy atom. The topological polar surface area (TPSA) is 186 Å². The van der Waals surface area contributed by atoms with Gasteiger partial charge in [-0.15, -0.1) is 0 Å². The second kappa shape index (κ2) is 13.0. The van der Waals surface area contributed by atoms with Crippen molar-refractivity contribution in [3.63, 3.8) is 0 Å². The van der Waals surface area contributed by atoms with E-state index in [0.29, 0.717) is 11.3 Å². The molecule has 0 saturated heterocycles. The largest absolute Gasteiger partial charge is 0.480 e. The van der Waals surface area contributed by atoms with Gasteiger partial charge in [-0.3, -0.25) is 9.59 Å². The number of nitrogens with zero attached hydrogens (tertiary/aromatic N) is 2. The van der Waals surface area contributed by atoms with Gasteiger partial charge in [-0.1, -0.05) is 12.1 Å². The van der Waals surface area contributed by atoms with Crippen LogP contribution in [0.3, 0.4) is 0 Å². The van der Waals surface area contributed by atoms with E-state index >= 15 is 0 Å². The summed E-state index contributed by atoms with van der Waals surface area (Å²) in [4.78, 5) is 52.3. The number of esters is 1. The number of guanidine groups is 1. The zero-order chi connectivity index (χ0) is 29.4. The molecule has 0 spiro atoms. The zero-order valence-corrected chi connectivity index (χ0v) is 20.8. The number of ether oxygens (including phenoxy) is 1. The van der Waals surface area contributed by atoms with Gasteiger partial charge in [-0.25, -0.2) is 23.4 Å². The van der Waals surface area contributed by atoms with E-state index in [4.69, 9.17) is 21.3 Å². The number of rotatable bonds is 11. The van der Waals surface area contributed by atoms with E-state index in [-0.39, 0.29) is 23.6 Å². The molecular weight excluding hydrogens is 530 g/mol. The Hall–Kier alpha value is -5.33. The summed E-state index contributed by atoms with van der Waals surface area (Å²) in [5.74, 6) is -6.86. The predicted octanol–water partition coefficient (Wildman–Crippen LogP) is 2.83. The van der Waals surface area contributed by atoms with Crippen molar-refractivity contribution in [2.45, 2.75) is 19.4 Å². The highest BCUT2D eigenvalue weighted by molar-refractivity contribution is 5.91. The number of hydrogen-bond acceptors (Lipinski definition) is 6. The molecule has 0 saturated carbocycles. The molecule has 0 radical (unpaired) electrons. The number of halogens is 2. The van der Waals surface area contributed by atoms with Crippen molar-refractivity contribution in [3.8, 4) is 5.75 Å². The van der Waals surface area contributed by atoms with Gasteiger partial charge < -0.3 is 31.3 Å². The third-order valence-corrected chi connectivity index (χ3v) is 5.50. The van der Waals surface area contributed by atoms with Crippen molar-refractivity contribution in [2.24, 2.45) is 16.5 Å². The molecule has 0 heterocycles. The number of nitrogens with two attached hydrogens (primary N) is 2. The molecule has 3 rings (SSSR count). The van der Waals surface area contributed by atoms with E-state index in [1.165, 1.54) is 48.5 Å². The molecule has 0 aromatic heterocycles. The lowest BCUT2D eigenvalue weighted by atomic mass is 10.1. The van der Waals surface area contributed by atoms with Gasteiger partial charge in [0, 0.05) is 30.7 Å². The molecule has 208 valence electrons. The molecule has 13 heteroatoms. The normalized spacial score (nSPS) is 10.4. The van der Waals surface area contributed by atoms with Crippen molar-refractivity contribution in [1.29, 1.82) is 0 Å². The number of aromatic carboxylic acids is 1. The number of aliphatic imine (C=N–C) groups is 1. The first kappa shape index (κ1) is 29.2. The van der Waals surface area contributed by atoms with Crippen LogP contribution >= 0.6 is 0 Å². The maximum atomic E-state index is 14.7. The second-order valence-corrected chi connectivity index (χ2v) is 8.49. The van der Waals surface area contributed by atoms with E-state index in [1.807, 2.05) is 0 Å². The number of amides is 1. The fraction of sp³-hybridized carbons (Fsp3) is 0.148. The Bertz CT molecular complexity index is 1450. The Kier molecular flexibility index (Phi) is 9.47. The molecule has 0 unspecified atom stereocenters. The molecule has 0 aliphatic carbocycles. The SMILES string of the molecule is NC(N)=Nc1ccc(C(=O)Oc2cc(F)c(CCC(=O)N(CC(=O)O)Cc3cccc(C(=O)O)c3)c(F)c2)cc1. The van der Waals surface area contributed by atoms with E-state index in [1.54, 1.807) is 0 Å². The molecule has 6 N–H and O–H groups in total. The fourth-order valence-corrected chi connectivity index (χ4v) is 3.67. The van der Waals surface area contributed by atoms with Crippen molar-refractivity contribution in [3.05, 3.63) is 94.6 Å². The molecule has 3 aromatic rings. The minimum absolute atomic E-state index is 0.0480. The second-order valence-electron chi connectivity index (χ2n) is 8.49. The van der Waals surface area contributed by atoms with Gasteiger partial charge in [0.25, 0.3) is 0 Å². The third-order valence-electron chi connectivity index (χ3n) is 5.50. The third kappa shape index (κ3) is 8.08. The van der Waals surface area contributed by atoms with Crippen LogP contribution in [0.1, 0.15) is 38.3 Å². The lowest BCUT2D eigenvalue weighted by Crippen LogP contribution is -2.35. The summed E-state index contributed by atoms with van der Waals surface area (Å²) < 4.78 is 34.5. The highest BCUT2D eigenvalue weighted by atomic mass is 19.1. The summed E-state index contributed by atoms with van der Waals surface area (Å²) in [6.07, 6.45) is -0.858. The number of aliphatic carboxylic acids is 1. The van der Waals surface area contributed by atoms with Crippen LogP contribution in [0.2, 0.25) is 0 Å². The molecule has 0 fully saturated rings. The average molecular weight is 555 g/mol. The Labute approximate surface area is 226 Å². The van der Waals surface area contributed by atoms with Gasteiger partial charge in [0.1, 0.15) is 23.9 Å². The van der Waals surface area contributed by atoms with E-state index in [2.05, 4.69) is 4.99 Å². The monoisotopic (exact) mass is 554 g/mol. The molecule has 40 heavy (non-hydrogen) atoms. The van der Waals surface area contributed by atoms with Crippen LogP contribution in [0.15, 0.2) is 65.7 Å². The summed E-state index contributed by atoms with van der Waals surface area (Å²) in [5.41, 5.74) is 10.9. The maximum Gasteiger partial charge on any atom is 0.343 e. The molecule has 11 nitrogen and oxygen atoms in total. The molecule has 0 aliphatic rings. The zero-order valence-electron chi connectivity index (χ0n) is 20.8. The summed E-state index contributed by atoms with van der Waals surface area (Å²) in [6.45, 7) is -0.929. The van der Waals surface area contributed by atoms with Gasteiger partial charge in [-0.2, -0.15) is 0 Å². The lowest BCUT2D eigenvalue weighted by molar-refractivity contribution is -0.144. The standard InChI is InChI=1S/C27H24F2N4O7/c28-21-11-19(40-26(39)16-4-6-18(7-5-16)32-27(30)31)12-22(29)20(21)8-9-23(34)33(14-24(35)36)13-15-2-1-3-17(10-15)25(37)38/h1-7,10-12H,8-9,13-14H2,(H,35,36)(H,37,38)(H4,30,31,32). The van der Waals surface area contributed by atoms with Gasteiger partial charge in [0.15, 0.2) is 5.96 Å². The van der Waals surface area contributed by atoms with Crippen LogP contribution in [-0.2, 0) is 22.6 Å². The van der Waals surface area contributed by atoms with Crippen molar-refractivity contribution in [2.75, 3.05) is 6.54 Å². The number of hydrogen-bond donors (Lipinski definition) is 4. The number of benzene rings is 3. The van der Waals surface area contributed by atoms with Gasteiger partial charge >= 0.3 is 17.9 Å². The average Bonchev–Trinajstić information content (AvgIpc) is 2.87. The molecule has 0 aliphatic heterocycles. The highest BCUT2D eigenvalue weighted by Crippen LogP contribution is 2.24. The molecule has 1 amide bonds. The summed E-state index contributed by atoms with van der Waals surface area (Å²) in [5, 5.41) is 18.3. The molecule has 0 atom stereocenters. The van der Waals surface area contributed by atoms with Crippen LogP contribution < -0.4 is 16.2 Å². The minimum Gasteiger partial charge on any atom is -0.480 e. The smallest absolute Gasteiger partial charge is 0.343 e. The number of carboxylic acids is 2. The predicted molar refractivity (Wildman–Crippen MR) is 138 cm³/mol. The number of carboxylic acid groups (broad SMARTS) is 2. The van der Waals surface area contributed by atoms with Crippen molar-refractivity contribution in [1.82, 2.24) is 4.90 Å². The summed E-state index contributed by atoms with van der Waals surface area (Å²) >= 11 is 0. The van der Waals surface area contributed by atoms with Crippen LogP contribution in [0.25, 0.3) is 0 Å². The van der Waals surface area contributed by atoms with E-state index in [9.17, 15) is 33.1 Å². The van der Waals surface area contributed by atoms with Crippen molar-refractivity contribution < 1.29 is 42.9 Å². The van der Waals surface area contributed by atoms with Crippen LogP contribution in [0, 0.1) is 11.6 Å².